The summed E-state index contributed by atoms with van der Waals surface area (Å²) in [6.45, 7) is 4.32. The van der Waals surface area contributed by atoms with Gasteiger partial charge in [0, 0.05) is 6.54 Å². The van der Waals surface area contributed by atoms with Crippen LogP contribution in [0.4, 0.5) is 0 Å². The first kappa shape index (κ1) is 14.5. The number of benzene rings is 1. The first-order chi connectivity index (χ1) is 10.1. The third-order valence-electron chi connectivity index (χ3n) is 4.10. The van der Waals surface area contributed by atoms with Gasteiger partial charge in [0.05, 0.1) is 5.02 Å². The van der Waals surface area contributed by atoms with Gasteiger partial charge in [-0.1, -0.05) is 18.5 Å². The quantitative estimate of drug-likeness (QED) is 0.929. The van der Waals surface area contributed by atoms with Crippen LogP contribution in [-0.4, -0.2) is 41.8 Å². The van der Waals surface area contributed by atoms with Crippen LogP contribution in [0.3, 0.4) is 0 Å². The Morgan fingerprint density at radius 1 is 1.43 bits per heavy atom. The fraction of sp³-hybridized carbons (Fsp3) is 0.533. The molecular weight excluding hydrogens is 294 g/mol. The molecule has 1 aromatic carbocycles. The van der Waals surface area contributed by atoms with Gasteiger partial charge in [-0.05, 0) is 36.6 Å². The highest BCUT2D eigenvalue weighted by atomic mass is 35.5. The summed E-state index contributed by atoms with van der Waals surface area (Å²) in [6, 6.07) is 3.29. The Labute approximate surface area is 128 Å². The molecule has 114 valence electrons. The van der Waals surface area contributed by atoms with Gasteiger partial charge >= 0.3 is 5.97 Å². The molecule has 2 aliphatic heterocycles. The van der Waals surface area contributed by atoms with Crippen LogP contribution in [0.1, 0.15) is 18.9 Å². The summed E-state index contributed by atoms with van der Waals surface area (Å²) in [5.74, 6) is 0.623. The summed E-state index contributed by atoms with van der Waals surface area (Å²) in [7, 11) is 0. The second-order valence-electron chi connectivity index (χ2n) is 5.62. The van der Waals surface area contributed by atoms with Gasteiger partial charge in [0.1, 0.15) is 19.3 Å². The molecule has 2 atom stereocenters. The van der Waals surface area contributed by atoms with E-state index in [2.05, 4.69) is 0 Å². The average Bonchev–Trinajstić information content (AvgIpc) is 2.80. The van der Waals surface area contributed by atoms with Crippen molar-refractivity contribution < 1.29 is 19.4 Å². The van der Waals surface area contributed by atoms with Crippen LogP contribution in [0.15, 0.2) is 12.1 Å². The van der Waals surface area contributed by atoms with E-state index in [0.29, 0.717) is 36.3 Å². The largest absolute Gasteiger partial charge is 0.486 e. The Bertz CT molecular complexity index is 563. The lowest BCUT2D eigenvalue weighted by Gasteiger charge is -2.25. The topological polar surface area (TPSA) is 59.0 Å². The van der Waals surface area contributed by atoms with Crippen LogP contribution in [0.25, 0.3) is 0 Å². The van der Waals surface area contributed by atoms with E-state index in [0.717, 1.165) is 18.5 Å². The highest BCUT2D eigenvalue weighted by Crippen LogP contribution is 2.39. The van der Waals surface area contributed by atoms with Crippen molar-refractivity contribution in [3.05, 3.63) is 22.7 Å². The van der Waals surface area contributed by atoms with E-state index >= 15 is 0 Å². The maximum absolute atomic E-state index is 11.4. The van der Waals surface area contributed by atoms with Crippen LogP contribution < -0.4 is 9.47 Å². The second-order valence-corrected chi connectivity index (χ2v) is 6.03. The molecule has 2 unspecified atom stereocenters. The van der Waals surface area contributed by atoms with Gasteiger partial charge in [0.15, 0.2) is 11.5 Å². The van der Waals surface area contributed by atoms with E-state index in [4.69, 9.17) is 21.1 Å². The van der Waals surface area contributed by atoms with Crippen molar-refractivity contribution in [2.24, 2.45) is 5.92 Å². The number of hydrogen-bond donors (Lipinski definition) is 1. The van der Waals surface area contributed by atoms with E-state index in [1.807, 2.05) is 24.0 Å². The predicted molar refractivity (Wildman–Crippen MR) is 78.1 cm³/mol. The summed E-state index contributed by atoms with van der Waals surface area (Å²) >= 11 is 6.22. The Morgan fingerprint density at radius 2 is 2.19 bits per heavy atom. The van der Waals surface area contributed by atoms with Crippen molar-refractivity contribution >= 4 is 17.6 Å². The zero-order valence-corrected chi connectivity index (χ0v) is 12.6. The maximum Gasteiger partial charge on any atom is 0.321 e. The number of nitrogens with zero attached hydrogens (tertiary/aromatic N) is 1. The van der Waals surface area contributed by atoms with Gasteiger partial charge in [-0.15, -0.1) is 0 Å². The molecule has 21 heavy (non-hydrogen) atoms. The number of rotatable bonds is 3. The molecule has 5 nitrogen and oxygen atoms in total. The van der Waals surface area contributed by atoms with E-state index in [1.54, 1.807) is 0 Å². The molecule has 0 amide bonds. The lowest BCUT2D eigenvalue weighted by atomic mass is 10.0. The van der Waals surface area contributed by atoms with E-state index in [9.17, 15) is 9.90 Å². The first-order valence-electron chi connectivity index (χ1n) is 7.11. The SMILES string of the molecule is CC1CCN(Cc2cc(Cl)c3c(c2)OCCO3)C1C(=O)O. The number of halogens is 1. The van der Waals surface area contributed by atoms with Gasteiger partial charge in [-0.2, -0.15) is 0 Å². The predicted octanol–water partition coefficient (Wildman–Crippen LogP) is 2.41. The number of likely N-dealkylation sites (tertiary alicyclic amines) is 1. The van der Waals surface area contributed by atoms with Gasteiger partial charge in [-0.3, -0.25) is 9.69 Å². The van der Waals surface area contributed by atoms with Crippen LogP contribution >= 0.6 is 11.6 Å². The number of carboxylic acid groups (broad SMARTS) is 1. The van der Waals surface area contributed by atoms with E-state index in [-0.39, 0.29) is 5.92 Å². The Kier molecular flexibility index (Phi) is 3.95. The molecule has 1 saturated heterocycles. The average molecular weight is 312 g/mol. The van der Waals surface area contributed by atoms with Crippen LogP contribution in [0, 0.1) is 5.92 Å². The van der Waals surface area contributed by atoms with Crippen molar-refractivity contribution in [2.45, 2.75) is 25.9 Å². The molecule has 2 aliphatic rings. The Hall–Kier alpha value is -1.46. The third-order valence-corrected chi connectivity index (χ3v) is 4.38. The standard InChI is InChI=1S/C15H18ClNO4/c1-9-2-3-17(13(9)15(18)19)8-10-6-11(16)14-12(7-10)20-4-5-21-14/h6-7,9,13H,2-5,8H2,1H3,(H,18,19). The van der Waals surface area contributed by atoms with Crippen molar-refractivity contribution in [2.75, 3.05) is 19.8 Å². The summed E-state index contributed by atoms with van der Waals surface area (Å²) in [5.41, 5.74) is 0.949. The number of aliphatic carboxylic acids is 1. The first-order valence-corrected chi connectivity index (χ1v) is 7.49. The fourth-order valence-corrected chi connectivity index (χ4v) is 3.38. The normalized spacial score (nSPS) is 25.0. The van der Waals surface area contributed by atoms with Gasteiger partial charge in [0.25, 0.3) is 0 Å². The molecule has 3 rings (SSSR count). The Balaban J connectivity index is 1.82. The van der Waals surface area contributed by atoms with Crippen LogP contribution in [0.5, 0.6) is 11.5 Å². The molecule has 2 heterocycles. The summed E-state index contributed by atoms with van der Waals surface area (Å²) in [5, 5.41) is 9.88. The smallest absolute Gasteiger partial charge is 0.321 e. The lowest BCUT2D eigenvalue weighted by Crippen LogP contribution is -2.38. The highest BCUT2D eigenvalue weighted by Gasteiger charge is 2.36. The third kappa shape index (κ3) is 2.80. The van der Waals surface area contributed by atoms with Crippen molar-refractivity contribution in [1.29, 1.82) is 0 Å². The van der Waals surface area contributed by atoms with Crippen molar-refractivity contribution in [1.82, 2.24) is 4.90 Å². The number of ether oxygens (including phenoxy) is 2. The number of hydrogen-bond acceptors (Lipinski definition) is 4. The minimum absolute atomic E-state index is 0.162. The monoisotopic (exact) mass is 311 g/mol. The maximum atomic E-state index is 11.4. The minimum atomic E-state index is -0.761. The molecule has 0 bridgehead atoms. The number of carbonyl (C=O) groups is 1. The zero-order valence-electron chi connectivity index (χ0n) is 11.8. The fourth-order valence-electron chi connectivity index (χ4n) is 3.09. The number of carboxylic acids is 1. The molecule has 0 aliphatic carbocycles. The summed E-state index contributed by atoms with van der Waals surface area (Å²) < 4.78 is 11.1. The van der Waals surface area contributed by atoms with Gasteiger partial charge in [0.2, 0.25) is 0 Å². The van der Waals surface area contributed by atoms with Gasteiger partial charge in [-0.25, -0.2) is 0 Å². The van der Waals surface area contributed by atoms with Gasteiger partial charge < -0.3 is 14.6 Å². The molecule has 6 heteroatoms. The van der Waals surface area contributed by atoms with Crippen LogP contribution in [-0.2, 0) is 11.3 Å². The summed E-state index contributed by atoms with van der Waals surface area (Å²) in [6.07, 6.45) is 0.898. The van der Waals surface area contributed by atoms with E-state index < -0.39 is 12.0 Å². The minimum Gasteiger partial charge on any atom is -0.486 e. The molecule has 1 aromatic rings. The van der Waals surface area contributed by atoms with Crippen molar-refractivity contribution in [3.8, 4) is 11.5 Å². The molecule has 1 fully saturated rings. The second kappa shape index (κ2) is 5.73. The zero-order chi connectivity index (χ0) is 15.0. The van der Waals surface area contributed by atoms with Crippen LogP contribution in [0.2, 0.25) is 5.02 Å². The molecule has 0 spiro atoms. The molecule has 0 aromatic heterocycles. The molecule has 0 radical (unpaired) electrons. The molecule has 0 saturated carbocycles. The number of fused-ring (bicyclic) bond motifs is 1. The molecular formula is C15H18ClNO4. The lowest BCUT2D eigenvalue weighted by molar-refractivity contribution is -0.143. The molecule has 1 N–H and O–H groups in total. The van der Waals surface area contributed by atoms with Crippen molar-refractivity contribution in [3.63, 3.8) is 0 Å². The highest BCUT2D eigenvalue weighted by molar-refractivity contribution is 6.32. The Morgan fingerprint density at radius 3 is 2.95 bits per heavy atom. The van der Waals surface area contributed by atoms with E-state index in [1.165, 1.54) is 0 Å². The summed E-state index contributed by atoms with van der Waals surface area (Å²) in [4.78, 5) is 13.4.